The van der Waals surface area contributed by atoms with Crippen molar-refractivity contribution < 1.29 is 18.3 Å². The zero-order chi connectivity index (χ0) is 14.1. The molecule has 1 unspecified atom stereocenters. The summed E-state index contributed by atoms with van der Waals surface area (Å²) in [5.41, 5.74) is 0. The number of halogens is 2. The number of carboxylic acids is 1. The van der Waals surface area contributed by atoms with Gasteiger partial charge in [-0.15, -0.1) is 0 Å². The van der Waals surface area contributed by atoms with E-state index >= 15 is 0 Å². The van der Waals surface area contributed by atoms with Crippen molar-refractivity contribution in [1.29, 1.82) is 0 Å². The molecule has 0 fully saturated rings. The first-order valence-corrected chi connectivity index (χ1v) is 7.40. The Hall–Kier alpha value is -0.780. The van der Waals surface area contributed by atoms with Crippen LogP contribution in [0.5, 0.6) is 0 Å². The van der Waals surface area contributed by atoms with Gasteiger partial charge in [-0.05, 0) is 24.1 Å². The minimum Gasteiger partial charge on any atom is -0.480 e. The molecular weight excluding hydrogens is 299 g/mol. The molecular formula is C11H12Cl2O4S. The molecule has 0 amide bonds. The zero-order valence-corrected chi connectivity index (χ0v) is 12.1. The number of benzene rings is 1. The number of hydrogen-bond acceptors (Lipinski definition) is 3. The lowest BCUT2D eigenvalue weighted by Crippen LogP contribution is -2.35. The van der Waals surface area contributed by atoms with Crippen LogP contribution in [0.4, 0.5) is 0 Å². The average Bonchev–Trinajstić information content (AvgIpc) is 2.13. The van der Waals surface area contributed by atoms with E-state index in [9.17, 15) is 13.2 Å². The quantitative estimate of drug-likeness (QED) is 0.928. The third-order valence-corrected chi connectivity index (χ3v) is 5.43. The molecule has 0 aliphatic carbocycles. The smallest absolute Gasteiger partial charge is 0.322 e. The second-order valence-corrected chi connectivity index (χ2v) is 7.00. The van der Waals surface area contributed by atoms with Gasteiger partial charge in [0, 0.05) is 5.02 Å². The molecule has 0 spiro atoms. The van der Waals surface area contributed by atoms with Gasteiger partial charge in [-0.3, -0.25) is 4.79 Å². The summed E-state index contributed by atoms with van der Waals surface area (Å²) in [5.74, 6) is -1.96. The highest BCUT2D eigenvalue weighted by Crippen LogP contribution is 2.30. The Morgan fingerprint density at radius 3 is 2.22 bits per heavy atom. The van der Waals surface area contributed by atoms with Gasteiger partial charge in [0.05, 0.1) is 9.92 Å². The molecule has 0 heterocycles. The van der Waals surface area contributed by atoms with E-state index in [1.54, 1.807) is 0 Å². The molecule has 0 aliphatic heterocycles. The van der Waals surface area contributed by atoms with Crippen molar-refractivity contribution in [1.82, 2.24) is 0 Å². The number of carboxylic acid groups (broad SMARTS) is 1. The van der Waals surface area contributed by atoms with Crippen LogP contribution in [0.1, 0.15) is 13.8 Å². The first kappa shape index (κ1) is 15.3. The van der Waals surface area contributed by atoms with E-state index in [1.807, 2.05) is 0 Å². The van der Waals surface area contributed by atoms with Crippen molar-refractivity contribution in [3.63, 3.8) is 0 Å². The molecule has 100 valence electrons. The van der Waals surface area contributed by atoms with E-state index in [2.05, 4.69) is 0 Å². The van der Waals surface area contributed by atoms with Crippen molar-refractivity contribution in [2.24, 2.45) is 5.92 Å². The summed E-state index contributed by atoms with van der Waals surface area (Å²) in [5, 5.41) is 7.72. The Bertz CT molecular complexity index is 566. The van der Waals surface area contributed by atoms with Gasteiger partial charge >= 0.3 is 5.97 Å². The molecule has 18 heavy (non-hydrogen) atoms. The summed E-state index contributed by atoms with van der Waals surface area (Å²) in [6.45, 7) is 3.06. The largest absolute Gasteiger partial charge is 0.480 e. The maximum atomic E-state index is 12.2. The summed E-state index contributed by atoms with van der Waals surface area (Å²) in [6, 6.07) is 3.85. The molecule has 1 aromatic rings. The summed E-state index contributed by atoms with van der Waals surface area (Å²) in [7, 11) is -4.04. The van der Waals surface area contributed by atoms with Crippen LogP contribution in [-0.2, 0) is 14.6 Å². The minimum absolute atomic E-state index is 0.0746. The number of aliphatic carboxylic acids is 1. The van der Waals surface area contributed by atoms with Crippen LogP contribution in [-0.4, -0.2) is 24.7 Å². The molecule has 0 aliphatic rings. The van der Waals surface area contributed by atoms with E-state index in [0.29, 0.717) is 0 Å². The topological polar surface area (TPSA) is 71.4 Å². The minimum atomic E-state index is -4.04. The van der Waals surface area contributed by atoms with Gasteiger partial charge in [0.25, 0.3) is 0 Å². The number of rotatable bonds is 4. The number of sulfone groups is 1. The van der Waals surface area contributed by atoms with Gasteiger partial charge < -0.3 is 5.11 Å². The highest BCUT2D eigenvalue weighted by atomic mass is 35.5. The molecule has 1 aromatic carbocycles. The molecule has 1 N–H and O–H groups in total. The van der Waals surface area contributed by atoms with Gasteiger partial charge in [-0.2, -0.15) is 0 Å². The predicted octanol–water partition coefficient (Wildman–Crippen LogP) is 2.88. The Labute approximate surface area is 115 Å². The van der Waals surface area contributed by atoms with Crippen molar-refractivity contribution in [2.45, 2.75) is 24.0 Å². The van der Waals surface area contributed by atoms with Crippen molar-refractivity contribution >= 4 is 39.0 Å². The predicted molar refractivity (Wildman–Crippen MR) is 69.9 cm³/mol. The van der Waals surface area contributed by atoms with Crippen molar-refractivity contribution in [3.8, 4) is 0 Å². The van der Waals surface area contributed by atoms with Crippen molar-refractivity contribution in [2.75, 3.05) is 0 Å². The molecule has 7 heteroatoms. The molecule has 0 aromatic heterocycles. The molecule has 0 saturated carbocycles. The van der Waals surface area contributed by atoms with Crippen LogP contribution >= 0.6 is 23.2 Å². The van der Waals surface area contributed by atoms with Gasteiger partial charge in [-0.25, -0.2) is 8.42 Å². The van der Waals surface area contributed by atoms with Crippen LogP contribution < -0.4 is 0 Å². The maximum Gasteiger partial charge on any atom is 0.322 e. The fourth-order valence-electron chi connectivity index (χ4n) is 1.62. The SMILES string of the molecule is CC(C)C(C(=O)O)S(=O)(=O)c1ccc(Cl)cc1Cl. The molecule has 0 saturated heterocycles. The lowest BCUT2D eigenvalue weighted by molar-refractivity contribution is -0.137. The Balaban J connectivity index is 3.41. The van der Waals surface area contributed by atoms with E-state index in [-0.39, 0.29) is 14.9 Å². The molecule has 4 nitrogen and oxygen atoms in total. The first-order chi connectivity index (χ1) is 8.17. The van der Waals surface area contributed by atoms with Crippen molar-refractivity contribution in [3.05, 3.63) is 28.2 Å². The van der Waals surface area contributed by atoms with Crippen LogP contribution in [0, 0.1) is 5.92 Å². The van der Waals surface area contributed by atoms with Gasteiger partial charge in [0.2, 0.25) is 0 Å². The Morgan fingerprint density at radius 1 is 1.28 bits per heavy atom. The second kappa shape index (κ2) is 5.47. The van der Waals surface area contributed by atoms with Crippen LogP contribution in [0.3, 0.4) is 0 Å². The fourth-order valence-corrected chi connectivity index (χ4v) is 4.19. The monoisotopic (exact) mass is 310 g/mol. The third kappa shape index (κ3) is 2.96. The summed E-state index contributed by atoms with van der Waals surface area (Å²) in [4.78, 5) is 10.9. The Kier molecular flexibility index (Phi) is 4.64. The third-order valence-electron chi connectivity index (χ3n) is 2.38. The number of carbonyl (C=O) groups is 1. The highest BCUT2D eigenvalue weighted by molar-refractivity contribution is 7.93. The Morgan fingerprint density at radius 2 is 1.83 bits per heavy atom. The lowest BCUT2D eigenvalue weighted by Gasteiger charge is -2.17. The maximum absolute atomic E-state index is 12.2. The zero-order valence-electron chi connectivity index (χ0n) is 9.72. The van der Waals surface area contributed by atoms with Crippen LogP contribution in [0.2, 0.25) is 10.0 Å². The molecule has 1 rings (SSSR count). The van der Waals surface area contributed by atoms with Gasteiger partial charge in [0.1, 0.15) is 0 Å². The summed E-state index contributed by atoms with van der Waals surface area (Å²) < 4.78 is 24.5. The summed E-state index contributed by atoms with van der Waals surface area (Å²) >= 11 is 11.5. The number of hydrogen-bond donors (Lipinski definition) is 1. The van der Waals surface area contributed by atoms with E-state index in [0.717, 1.165) is 0 Å². The van der Waals surface area contributed by atoms with E-state index in [1.165, 1.54) is 32.0 Å². The highest BCUT2D eigenvalue weighted by Gasteiger charge is 2.37. The molecule has 1 atom stereocenters. The second-order valence-electron chi connectivity index (χ2n) is 4.12. The van der Waals surface area contributed by atoms with E-state index in [4.69, 9.17) is 28.3 Å². The fraction of sp³-hybridized carbons (Fsp3) is 0.364. The standard InChI is InChI=1S/C11H12Cl2O4S/c1-6(2)10(11(14)15)18(16,17)9-4-3-7(12)5-8(9)13/h3-6,10H,1-2H3,(H,14,15). The molecule has 0 bridgehead atoms. The lowest BCUT2D eigenvalue weighted by atomic mass is 10.1. The summed E-state index contributed by atoms with van der Waals surface area (Å²) in [6.07, 6.45) is 0. The normalized spacial score (nSPS) is 13.6. The molecule has 0 radical (unpaired) electrons. The van der Waals surface area contributed by atoms with E-state index < -0.39 is 27.0 Å². The van der Waals surface area contributed by atoms with Gasteiger partial charge in [-0.1, -0.05) is 37.0 Å². The van der Waals surface area contributed by atoms with Crippen LogP contribution in [0.25, 0.3) is 0 Å². The first-order valence-electron chi connectivity index (χ1n) is 5.09. The van der Waals surface area contributed by atoms with Crippen LogP contribution in [0.15, 0.2) is 23.1 Å². The van der Waals surface area contributed by atoms with Gasteiger partial charge in [0.15, 0.2) is 15.1 Å². The average molecular weight is 311 g/mol.